The smallest absolute Gasteiger partial charge is 0.308 e. The number of benzene rings is 1. The van der Waals surface area contributed by atoms with Crippen LogP contribution in [0.25, 0.3) is 10.9 Å². The Hall–Kier alpha value is -1.48. The van der Waals surface area contributed by atoms with Gasteiger partial charge in [0.05, 0.1) is 16.5 Å². The fourth-order valence-electron chi connectivity index (χ4n) is 2.59. The van der Waals surface area contributed by atoms with Gasteiger partial charge in [-0.05, 0) is 25.0 Å². The molecular formula is C13H12ClNO2. The molecule has 17 heavy (non-hydrogen) atoms. The number of aromatic nitrogens is 1. The third-order valence-electron chi connectivity index (χ3n) is 3.46. The number of carbonyl (C=O) groups is 1. The normalized spacial score (nSPS) is 19.2. The Bertz CT molecular complexity index is 603. The Morgan fingerprint density at radius 3 is 3.06 bits per heavy atom. The van der Waals surface area contributed by atoms with Gasteiger partial charge in [0.25, 0.3) is 0 Å². The number of aryl methyl sites for hydroxylation is 1. The second-order valence-corrected chi connectivity index (χ2v) is 4.90. The van der Waals surface area contributed by atoms with E-state index < -0.39 is 5.97 Å². The second-order valence-electron chi connectivity index (χ2n) is 4.50. The van der Waals surface area contributed by atoms with Gasteiger partial charge in [-0.2, -0.15) is 0 Å². The highest BCUT2D eigenvalue weighted by Gasteiger charge is 2.25. The second kappa shape index (κ2) is 3.77. The summed E-state index contributed by atoms with van der Waals surface area (Å²) in [5.41, 5.74) is 2.15. The van der Waals surface area contributed by atoms with Crippen molar-refractivity contribution in [2.24, 2.45) is 5.92 Å². The summed E-state index contributed by atoms with van der Waals surface area (Å²) in [6.07, 6.45) is 1.52. The van der Waals surface area contributed by atoms with Gasteiger partial charge in [-0.15, -0.1) is 0 Å². The van der Waals surface area contributed by atoms with Crippen molar-refractivity contribution < 1.29 is 9.90 Å². The minimum absolute atomic E-state index is 0.297. The third-order valence-corrected chi connectivity index (χ3v) is 3.76. The molecule has 0 radical (unpaired) electrons. The van der Waals surface area contributed by atoms with Crippen LogP contribution in [0.4, 0.5) is 0 Å². The number of rotatable bonds is 1. The number of nitrogens with zero attached hydrogens (tertiary/aromatic N) is 1. The maximum atomic E-state index is 11.1. The minimum atomic E-state index is -0.718. The summed E-state index contributed by atoms with van der Waals surface area (Å²) in [6, 6.07) is 7.90. The zero-order valence-electron chi connectivity index (χ0n) is 9.19. The monoisotopic (exact) mass is 249 g/mol. The summed E-state index contributed by atoms with van der Waals surface area (Å²) >= 11 is 6.19. The molecule has 3 nitrogen and oxygen atoms in total. The SMILES string of the molecule is O=C(O)C1CCc2cc3cccc(Cl)c3n2C1. The zero-order chi connectivity index (χ0) is 12.0. The topological polar surface area (TPSA) is 42.2 Å². The first-order valence-corrected chi connectivity index (χ1v) is 6.04. The molecule has 1 N–H and O–H groups in total. The van der Waals surface area contributed by atoms with Crippen LogP contribution in [0.2, 0.25) is 5.02 Å². The van der Waals surface area contributed by atoms with Crippen LogP contribution in [0, 0.1) is 5.92 Å². The third kappa shape index (κ3) is 1.62. The van der Waals surface area contributed by atoms with Crippen LogP contribution in [0.15, 0.2) is 24.3 Å². The first-order valence-electron chi connectivity index (χ1n) is 5.66. The van der Waals surface area contributed by atoms with Crippen molar-refractivity contribution in [2.45, 2.75) is 19.4 Å². The molecule has 88 valence electrons. The first-order chi connectivity index (χ1) is 8.16. The molecule has 2 heterocycles. The molecule has 0 spiro atoms. The van der Waals surface area contributed by atoms with Crippen molar-refractivity contribution in [3.05, 3.63) is 35.0 Å². The number of halogens is 1. The number of hydrogen-bond acceptors (Lipinski definition) is 1. The molecule has 3 rings (SSSR count). The Morgan fingerprint density at radius 1 is 1.47 bits per heavy atom. The van der Waals surface area contributed by atoms with Crippen molar-refractivity contribution in [1.29, 1.82) is 0 Å². The van der Waals surface area contributed by atoms with Gasteiger partial charge < -0.3 is 9.67 Å². The van der Waals surface area contributed by atoms with Crippen molar-refractivity contribution in [3.8, 4) is 0 Å². The molecule has 0 bridgehead atoms. The van der Waals surface area contributed by atoms with E-state index in [-0.39, 0.29) is 5.92 Å². The maximum Gasteiger partial charge on any atom is 0.308 e. The number of para-hydroxylation sites is 1. The van der Waals surface area contributed by atoms with E-state index >= 15 is 0 Å². The van der Waals surface area contributed by atoms with E-state index in [4.69, 9.17) is 16.7 Å². The quantitative estimate of drug-likeness (QED) is 0.844. The molecule has 0 saturated heterocycles. The van der Waals surface area contributed by atoms with Crippen LogP contribution >= 0.6 is 11.6 Å². The summed E-state index contributed by atoms with van der Waals surface area (Å²) in [5, 5.41) is 10.9. The zero-order valence-corrected chi connectivity index (χ0v) is 9.94. The highest BCUT2D eigenvalue weighted by molar-refractivity contribution is 6.35. The molecule has 0 saturated carbocycles. The van der Waals surface area contributed by atoms with Gasteiger partial charge in [-0.1, -0.05) is 23.7 Å². The number of aliphatic carboxylic acids is 1. The van der Waals surface area contributed by atoms with Gasteiger partial charge in [0.1, 0.15) is 0 Å². The number of hydrogen-bond donors (Lipinski definition) is 1. The summed E-state index contributed by atoms with van der Waals surface area (Å²) in [5.74, 6) is -1.01. The van der Waals surface area contributed by atoms with E-state index in [0.717, 1.165) is 17.3 Å². The molecule has 0 aliphatic carbocycles. The molecule has 1 aliphatic heterocycles. The van der Waals surface area contributed by atoms with Crippen LogP contribution in [0.5, 0.6) is 0 Å². The molecule has 2 aromatic rings. The van der Waals surface area contributed by atoms with Gasteiger partial charge in [0.15, 0.2) is 0 Å². The highest BCUT2D eigenvalue weighted by atomic mass is 35.5. The van der Waals surface area contributed by atoms with Crippen LogP contribution in [0.3, 0.4) is 0 Å². The molecule has 4 heteroatoms. The standard InChI is InChI=1S/C13H12ClNO2/c14-11-3-1-2-8-6-10-5-4-9(13(16)17)7-15(10)12(8)11/h1-3,6,9H,4-5,7H2,(H,16,17). The molecule has 1 aromatic heterocycles. The Balaban J connectivity index is 2.17. The average molecular weight is 250 g/mol. The Morgan fingerprint density at radius 2 is 2.29 bits per heavy atom. The van der Waals surface area contributed by atoms with Crippen molar-refractivity contribution in [3.63, 3.8) is 0 Å². The fourth-order valence-corrected chi connectivity index (χ4v) is 2.87. The van der Waals surface area contributed by atoms with Gasteiger partial charge in [0.2, 0.25) is 0 Å². The molecule has 1 atom stereocenters. The van der Waals surface area contributed by atoms with Gasteiger partial charge in [0, 0.05) is 17.6 Å². The van der Waals surface area contributed by atoms with Gasteiger partial charge >= 0.3 is 5.97 Å². The number of carboxylic acid groups (broad SMARTS) is 1. The lowest BCUT2D eigenvalue weighted by molar-refractivity contribution is -0.142. The van der Waals surface area contributed by atoms with Crippen LogP contribution in [0.1, 0.15) is 12.1 Å². The van der Waals surface area contributed by atoms with Crippen LogP contribution < -0.4 is 0 Å². The average Bonchev–Trinajstić information content (AvgIpc) is 2.67. The molecule has 1 unspecified atom stereocenters. The van der Waals surface area contributed by atoms with E-state index in [2.05, 4.69) is 10.6 Å². The van der Waals surface area contributed by atoms with Gasteiger partial charge in [-0.25, -0.2) is 0 Å². The number of fused-ring (bicyclic) bond motifs is 3. The van der Waals surface area contributed by atoms with Crippen LogP contribution in [-0.4, -0.2) is 15.6 Å². The number of carboxylic acids is 1. The largest absolute Gasteiger partial charge is 0.481 e. The molecule has 0 fully saturated rings. The molecular weight excluding hydrogens is 238 g/mol. The predicted molar refractivity (Wildman–Crippen MR) is 66.4 cm³/mol. The summed E-state index contributed by atoms with van der Waals surface area (Å²) in [4.78, 5) is 11.1. The lowest BCUT2D eigenvalue weighted by Gasteiger charge is -2.22. The fraction of sp³-hybridized carbons (Fsp3) is 0.308. The molecule has 1 aliphatic rings. The Labute approximate surface area is 104 Å². The van der Waals surface area contributed by atoms with Crippen LogP contribution in [-0.2, 0) is 17.8 Å². The van der Waals surface area contributed by atoms with Gasteiger partial charge in [-0.3, -0.25) is 4.79 Å². The first kappa shape index (κ1) is 10.7. The van der Waals surface area contributed by atoms with Crippen molar-refractivity contribution in [2.75, 3.05) is 0 Å². The lowest BCUT2D eigenvalue weighted by atomic mass is 9.98. The summed E-state index contributed by atoms with van der Waals surface area (Å²) in [6.45, 7) is 0.526. The lowest BCUT2D eigenvalue weighted by Crippen LogP contribution is -2.26. The van der Waals surface area contributed by atoms with E-state index in [1.165, 1.54) is 5.69 Å². The van der Waals surface area contributed by atoms with E-state index in [1.54, 1.807) is 0 Å². The van der Waals surface area contributed by atoms with E-state index in [9.17, 15) is 4.79 Å². The molecule has 1 aromatic carbocycles. The van der Waals surface area contributed by atoms with Crippen molar-refractivity contribution >= 4 is 28.5 Å². The van der Waals surface area contributed by atoms with E-state index in [1.807, 2.05) is 18.2 Å². The summed E-state index contributed by atoms with van der Waals surface area (Å²) < 4.78 is 2.06. The Kier molecular flexibility index (Phi) is 2.37. The minimum Gasteiger partial charge on any atom is -0.481 e. The highest BCUT2D eigenvalue weighted by Crippen LogP contribution is 2.32. The predicted octanol–water partition coefficient (Wildman–Crippen LogP) is 2.94. The van der Waals surface area contributed by atoms with Crippen molar-refractivity contribution in [1.82, 2.24) is 4.57 Å². The summed E-state index contributed by atoms with van der Waals surface area (Å²) in [7, 11) is 0. The molecule has 0 amide bonds. The maximum absolute atomic E-state index is 11.1. The van der Waals surface area contributed by atoms with E-state index in [0.29, 0.717) is 18.0 Å².